The highest BCUT2D eigenvalue weighted by Crippen LogP contribution is 2.37. The molecule has 5 nitrogen and oxygen atoms in total. The molecular formula is C15H23N3O2. The third-order valence-electron chi connectivity index (χ3n) is 4.70. The fraction of sp³-hybridized carbons (Fsp3) is 0.600. The van der Waals surface area contributed by atoms with E-state index in [9.17, 15) is 10.1 Å². The number of nitro benzene ring substituents is 1. The minimum absolute atomic E-state index is 0.141. The molecule has 0 heterocycles. The van der Waals surface area contributed by atoms with Crippen LogP contribution in [0.15, 0.2) is 18.2 Å². The molecule has 2 atom stereocenters. The number of hydrogen-bond acceptors (Lipinski definition) is 4. The first-order chi connectivity index (χ1) is 9.50. The van der Waals surface area contributed by atoms with Crippen molar-refractivity contribution in [3.05, 3.63) is 33.9 Å². The number of nitrogens with zero attached hydrogens (tertiary/aromatic N) is 1. The van der Waals surface area contributed by atoms with Crippen molar-refractivity contribution in [2.75, 3.05) is 11.9 Å². The molecule has 5 heteroatoms. The van der Waals surface area contributed by atoms with Crippen molar-refractivity contribution in [3.8, 4) is 0 Å². The van der Waals surface area contributed by atoms with E-state index < -0.39 is 0 Å². The molecule has 0 aliphatic heterocycles. The molecular weight excluding hydrogens is 254 g/mol. The van der Waals surface area contributed by atoms with Crippen molar-refractivity contribution in [3.63, 3.8) is 0 Å². The molecule has 2 unspecified atom stereocenters. The Morgan fingerprint density at radius 1 is 1.50 bits per heavy atom. The molecule has 2 rings (SSSR count). The van der Waals surface area contributed by atoms with Gasteiger partial charge in [-0.15, -0.1) is 0 Å². The number of nitrogens with one attached hydrogen (secondary N) is 1. The Kier molecular flexibility index (Phi) is 4.28. The van der Waals surface area contributed by atoms with Gasteiger partial charge in [-0.1, -0.05) is 25.8 Å². The summed E-state index contributed by atoms with van der Waals surface area (Å²) in [5, 5.41) is 14.6. The van der Waals surface area contributed by atoms with Crippen LogP contribution in [0.2, 0.25) is 0 Å². The molecule has 1 aliphatic carbocycles. The Bertz CT molecular complexity index is 504. The Balaban J connectivity index is 2.32. The summed E-state index contributed by atoms with van der Waals surface area (Å²) in [5.74, 6) is 0.472. The van der Waals surface area contributed by atoms with Crippen molar-refractivity contribution >= 4 is 11.4 Å². The minimum atomic E-state index is -0.333. The second-order valence-corrected chi connectivity index (χ2v) is 5.84. The lowest BCUT2D eigenvalue weighted by molar-refractivity contribution is -0.385. The summed E-state index contributed by atoms with van der Waals surface area (Å²) in [5.41, 5.74) is 7.56. The fourth-order valence-electron chi connectivity index (χ4n) is 3.18. The lowest BCUT2D eigenvalue weighted by Gasteiger charge is -2.43. The van der Waals surface area contributed by atoms with Crippen LogP contribution in [0.3, 0.4) is 0 Å². The van der Waals surface area contributed by atoms with Crippen molar-refractivity contribution in [2.45, 2.75) is 45.1 Å². The molecule has 0 radical (unpaired) electrons. The highest BCUT2D eigenvalue weighted by molar-refractivity contribution is 5.61. The van der Waals surface area contributed by atoms with Crippen LogP contribution >= 0.6 is 0 Å². The molecule has 1 aliphatic rings. The standard InChI is InChI=1S/C15H23N3O2/c1-11-6-3-4-9-15(11,10-16)17-13-7-5-8-14(12(13)2)18(19)20/h5,7-8,11,17H,3-4,6,9-10,16H2,1-2H3. The molecule has 1 aromatic rings. The van der Waals surface area contributed by atoms with Crippen molar-refractivity contribution in [1.29, 1.82) is 0 Å². The summed E-state index contributed by atoms with van der Waals surface area (Å²) < 4.78 is 0. The summed E-state index contributed by atoms with van der Waals surface area (Å²) in [6.07, 6.45) is 4.56. The van der Waals surface area contributed by atoms with Gasteiger partial charge in [-0.2, -0.15) is 0 Å². The monoisotopic (exact) mass is 277 g/mol. The summed E-state index contributed by atoms with van der Waals surface area (Å²) >= 11 is 0. The quantitative estimate of drug-likeness (QED) is 0.654. The maximum absolute atomic E-state index is 11.0. The third kappa shape index (κ3) is 2.63. The van der Waals surface area contributed by atoms with E-state index in [-0.39, 0.29) is 16.1 Å². The van der Waals surface area contributed by atoms with Crippen molar-refractivity contribution in [2.24, 2.45) is 11.7 Å². The SMILES string of the molecule is Cc1c(NC2(CN)CCCCC2C)cccc1[N+](=O)[O-]. The topological polar surface area (TPSA) is 81.2 Å². The molecule has 0 spiro atoms. The van der Waals surface area contributed by atoms with Crippen LogP contribution in [0.5, 0.6) is 0 Å². The molecule has 0 bridgehead atoms. The average Bonchev–Trinajstić information content (AvgIpc) is 2.43. The first-order valence-corrected chi connectivity index (χ1v) is 7.22. The van der Waals surface area contributed by atoms with Gasteiger partial charge in [-0.05, 0) is 31.7 Å². The van der Waals surface area contributed by atoms with Gasteiger partial charge in [-0.25, -0.2) is 0 Å². The van der Waals surface area contributed by atoms with Crippen LogP contribution in [0, 0.1) is 23.0 Å². The molecule has 1 fully saturated rings. The normalized spacial score (nSPS) is 26.2. The van der Waals surface area contributed by atoms with Crippen molar-refractivity contribution < 1.29 is 4.92 Å². The minimum Gasteiger partial charge on any atom is -0.378 e. The lowest BCUT2D eigenvalue weighted by atomic mass is 9.73. The Labute approximate surface area is 119 Å². The highest BCUT2D eigenvalue weighted by atomic mass is 16.6. The van der Waals surface area contributed by atoms with E-state index in [1.807, 2.05) is 6.07 Å². The van der Waals surface area contributed by atoms with Gasteiger partial charge in [0.1, 0.15) is 0 Å². The van der Waals surface area contributed by atoms with Gasteiger partial charge in [0, 0.05) is 23.9 Å². The second kappa shape index (κ2) is 5.79. The Hall–Kier alpha value is -1.62. The maximum Gasteiger partial charge on any atom is 0.274 e. The molecule has 1 saturated carbocycles. The fourth-order valence-corrected chi connectivity index (χ4v) is 3.18. The van der Waals surface area contributed by atoms with E-state index in [0.29, 0.717) is 18.0 Å². The van der Waals surface area contributed by atoms with E-state index in [2.05, 4.69) is 12.2 Å². The maximum atomic E-state index is 11.0. The number of benzene rings is 1. The molecule has 3 N–H and O–H groups in total. The zero-order valence-electron chi connectivity index (χ0n) is 12.2. The highest BCUT2D eigenvalue weighted by Gasteiger charge is 2.37. The molecule has 0 amide bonds. The summed E-state index contributed by atoms with van der Waals surface area (Å²) in [7, 11) is 0. The number of nitrogens with two attached hydrogens (primary N) is 1. The van der Waals surface area contributed by atoms with Gasteiger partial charge in [0.25, 0.3) is 5.69 Å². The van der Waals surface area contributed by atoms with Gasteiger partial charge in [0.05, 0.1) is 10.5 Å². The lowest BCUT2D eigenvalue weighted by Crippen LogP contribution is -2.52. The zero-order valence-corrected chi connectivity index (χ0v) is 12.2. The third-order valence-corrected chi connectivity index (χ3v) is 4.70. The molecule has 20 heavy (non-hydrogen) atoms. The van der Waals surface area contributed by atoms with Crippen LogP contribution in [-0.4, -0.2) is 17.0 Å². The number of anilines is 1. The van der Waals surface area contributed by atoms with Gasteiger partial charge in [0.15, 0.2) is 0 Å². The predicted molar refractivity (Wildman–Crippen MR) is 80.9 cm³/mol. The molecule has 0 aromatic heterocycles. The van der Waals surface area contributed by atoms with E-state index in [4.69, 9.17) is 5.73 Å². The van der Waals surface area contributed by atoms with Gasteiger partial charge >= 0.3 is 0 Å². The van der Waals surface area contributed by atoms with E-state index in [1.165, 1.54) is 6.42 Å². The van der Waals surface area contributed by atoms with Crippen LogP contribution in [0.1, 0.15) is 38.2 Å². The molecule has 0 saturated heterocycles. The largest absolute Gasteiger partial charge is 0.378 e. The number of hydrogen-bond donors (Lipinski definition) is 2. The Morgan fingerprint density at radius 2 is 2.25 bits per heavy atom. The zero-order chi connectivity index (χ0) is 14.8. The smallest absolute Gasteiger partial charge is 0.274 e. The summed E-state index contributed by atoms with van der Waals surface area (Å²) in [4.78, 5) is 10.7. The second-order valence-electron chi connectivity index (χ2n) is 5.84. The average molecular weight is 277 g/mol. The molecule has 1 aromatic carbocycles. The van der Waals surface area contributed by atoms with Crippen LogP contribution in [-0.2, 0) is 0 Å². The van der Waals surface area contributed by atoms with E-state index in [0.717, 1.165) is 24.9 Å². The van der Waals surface area contributed by atoms with E-state index >= 15 is 0 Å². The number of nitro groups is 1. The summed E-state index contributed by atoms with van der Waals surface area (Å²) in [6, 6.07) is 5.17. The van der Waals surface area contributed by atoms with Crippen LogP contribution in [0.25, 0.3) is 0 Å². The number of rotatable bonds is 4. The molecule has 110 valence electrons. The van der Waals surface area contributed by atoms with Gasteiger partial charge in [-0.3, -0.25) is 10.1 Å². The van der Waals surface area contributed by atoms with Gasteiger partial charge in [0.2, 0.25) is 0 Å². The Morgan fingerprint density at radius 3 is 2.85 bits per heavy atom. The van der Waals surface area contributed by atoms with Crippen LogP contribution in [0.4, 0.5) is 11.4 Å². The van der Waals surface area contributed by atoms with Crippen LogP contribution < -0.4 is 11.1 Å². The predicted octanol–water partition coefficient (Wildman–Crippen LogP) is 3.22. The first-order valence-electron chi connectivity index (χ1n) is 7.22. The van der Waals surface area contributed by atoms with Gasteiger partial charge < -0.3 is 11.1 Å². The van der Waals surface area contributed by atoms with Crippen molar-refractivity contribution in [1.82, 2.24) is 0 Å². The first kappa shape index (κ1) is 14.8. The summed E-state index contributed by atoms with van der Waals surface area (Å²) in [6.45, 7) is 4.56. The van der Waals surface area contributed by atoms with E-state index in [1.54, 1.807) is 19.1 Å².